The van der Waals surface area contributed by atoms with Crippen LogP contribution in [-0.2, 0) is 0 Å². The van der Waals surface area contributed by atoms with Crippen LogP contribution < -0.4 is 0 Å². The van der Waals surface area contributed by atoms with E-state index in [1.54, 1.807) is 11.6 Å². The first-order valence-corrected chi connectivity index (χ1v) is 11.2. The van der Waals surface area contributed by atoms with Crippen molar-refractivity contribution in [3.05, 3.63) is 65.4 Å². The summed E-state index contributed by atoms with van der Waals surface area (Å²) in [5, 5.41) is 2.51. The van der Waals surface area contributed by atoms with Gasteiger partial charge in [-0.1, -0.05) is 25.1 Å². The standard InChI is InChI=1S/C23H25N3O3S/c1-2-12-26(23(28)19-16-30-21(24-19)20-9-6-15-29-20)18-10-13-25(14-11-18)22(27)17-7-4-3-5-8-17/h3-9,15-16,18H,2,10-14H2,1H3. The van der Waals surface area contributed by atoms with E-state index in [0.717, 1.165) is 19.3 Å². The molecule has 0 N–H and O–H groups in total. The topological polar surface area (TPSA) is 66.7 Å². The fourth-order valence-electron chi connectivity index (χ4n) is 3.87. The van der Waals surface area contributed by atoms with Crippen molar-refractivity contribution in [3.63, 3.8) is 0 Å². The van der Waals surface area contributed by atoms with Gasteiger partial charge in [-0.25, -0.2) is 4.98 Å². The van der Waals surface area contributed by atoms with Crippen LogP contribution in [0.5, 0.6) is 0 Å². The first kappa shape index (κ1) is 20.3. The molecule has 2 amide bonds. The minimum Gasteiger partial charge on any atom is -0.462 e. The Morgan fingerprint density at radius 3 is 2.60 bits per heavy atom. The lowest BCUT2D eigenvalue weighted by Crippen LogP contribution is -2.49. The highest BCUT2D eigenvalue weighted by Gasteiger charge is 2.31. The first-order valence-electron chi connectivity index (χ1n) is 10.3. The molecule has 1 aromatic carbocycles. The highest BCUT2D eigenvalue weighted by molar-refractivity contribution is 7.13. The van der Waals surface area contributed by atoms with Crippen LogP contribution in [0.15, 0.2) is 58.5 Å². The van der Waals surface area contributed by atoms with E-state index in [1.165, 1.54) is 11.3 Å². The molecule has 156 valence electrons. The molecule has 3 aromatic rings. The second kappa shape index (κ2) is 9.26. The van der Waals surface area contributed by atoms with E-state index >= 15 is 0 Å². The third-order valence-corrected chi connectivity index (χ3v) is 6.25. The summed E-state index contributed by atoms with van der Waals surface area (Å²) < 4.78 is 5.39. The zero-order chi connectivity index (χ0) is 20.9. The van der Waals surface area contributed by atoms with Crippen molar-refractivity contribution in [3.8, 4) is 10.8 Å². The molecule has 0 atom stereocenters. The molecular formula is C23H25N3O3S. The van der Waals surface area contributed by atoms with Gasteiger partial charge in [0.2, 0.25) is 0 Å². The summed E-state index contributed by atoms with van der Waals surface area (Å²) in [6.45, 7) is 4.06. The predicted octanol–water partition coefficient (Wildman–Crippen LogP) is 4.56. The molecule has 2 aromatic heterocycles. The molecule has 1 saturated heterocycles. The van der Waals surface area contributed by atoms with Gasteiger partial charge in [0, 0.05) is 36.6 Å². The first-order chi connectivity index (χ1) is 14.7. The molecular weight excluding hydrogens is 398 g/mol. The van der Waals surface area contributed by atoms with Crippen LogP contribution in [0.2, 0.25) is 0 Å². The zero-order valence-electron chi connectivity index (χ0n) is 17.0. The van der Waals surface area contributed by atoms with Gasteiger partial charge in [0.25, 0.3) is 11.8 Å². The van der Waals surface area contributed by atoms with Crippen molar-refractivity contribution in [1.29, 1.82) is 0 Å². The lowest BCUT2D eigenvalue weighted by Gasteiger charge is -2.38. The lowest BCUT2D eigenvalue weighted by molar-refractivity contribution is 0.0516. The van der Waals surface area contributed by atoms with Gasteiger partial charge in [0.05, 0.1) is 6.26 Å². The Hall–Kier alpha value is -2.93. The smallest absolute Gasteiger partial charge is 0.273 e. The number of carbonyl (C=O) groups excluding carboxylic acids is 2. The number of nitrogens with zero attached hydrogens (tertiary/aromatic N) is 3. The predicted molar refractivity (Wildman–Crippen MR) is 117 cm³/mol. The summed E-state index contributed by atoms with van der Waals surface area (Å²) in [6.07, 6.45) is 4.04. The number of likely N-dealkylation sites (tertiary alicyclic amines) is 1. The van der Waals surface area contributed by atoms with Gasteiger partial charge in [-0.2, -0.15) is 0 Å². The fraction of sp³-hybridized carbons (Fsp3) is 0.348. The molecule has 1 fully saturated rings. The van der Waals surface area contributed by atoms with E-state index in [2.05, 4.69) is 11.9 Å². The largest absolute Gasteiger partial charge is 0.462 e. The molecule has 0 bridgehead atoms. The van der Waals surface area contributed by atoms with Crippen LogP contribution in [0.25, 0.3) is 10.8 Å². The quantitative estimate of drug-likeness (QED) is 0.583. The van der Waals surface area contributed by atoms with Crippen LogP contribution >= 0.6 is 11.3 Å². The number of thiazole rings is 1. The van der Waals surface area contributed by atoms with Gasteiger partial charge < -0.3 is 14.2 Å². The number of hydrogen-bond donors (Lipinski definition) is 0. The summed E-state index contributed by atoms with van der Waals surface area (Å²) in [5.74, 6) is 0.692. The Bertz CT molecular complexity index is 976. The molecule has 7 heteroatoms. The molecule has 0 saturated carbocycles. The maximum absolute atomic E-state index is 13.2. The number of benzene rings is 1. The monoisotopic (exact) mass is 423 g/mol. The van der Waals surface area contributed by atoms with E-state index in [9.17, 15) is 9.59 Å². The van der Waals surface area contributed by atoms with E-state index in [4.69, 9.17) is 4.42 Å². The number of hydrogen-bond acceptors (Lipinski definition) is 5. The van der Waals surface area contributed by atoms with Crippen molar-refractivity contribution >= 4 is 23.2 Å². The van der Waals surface area contributed by atoms with E-state index in [0.29, 0.717) is 41.7 Å². The summed E-state index contributed by atoms with van der Waals surface area (Å²) in [4.78, 5) is 34.2. The summed E-state index contributed by atoms with van der Waals surface area (Å²) in [5.41, 5.74) is 1.17. The molecule has 0 radical (unpaired) electrons. The minimum atomic E-state index is -0.0428. The molecule has 1 aliphatic heterocycles. The summed E-state index contributed by atoms with van der Waals surface area (Å²) in [6, 6.07) is 13.1. The molecule has 3 heterocycles. The Morgan fingerprint density at radius 1 is 1.17 bits per heavy atom. The third kappa shape index (κ3) is 4.31. The molecule has 0 aliphatic carbocycles. The lowest BCUT2D eigenvalue weighted by atomic mass is 10.0. The fourth-order valence-corrected chi connectivity index (χ4v) is 4.63. The van der Waals surface area contributed by atoms with Gasteiger partial charge in [0.1, 0.15) is 5.69 Å². The summed E-state index contributed by atoms with van der Waals surface area (Å²) >= 11 is 1.41. The number of rotatable bonds is 6. The average Bonchev–Trinajstić information content (AvgIpc) is 3.49. The molecule has 1 aliphatic rings. The van der Waals surface area contributed by atoms with Gasteiger partial charge in [-0.3, -0.25) is 9.59 Å². The number of aromatic nitrogens is 1. The van der Waals surface area contributed by atoms with E-state index in [1.807, 2.05) is 52.3 Å². The van der Waals surface area contributed by atoms with Crippen molar-refractivity contribution in [1.82, 2.24) is 14.8 Å². The Kier molecular flexibility index (Phi) is 6.28. The second-order valence-electron chi connectivity index (χ2n) is 7.40. The van der Waals surface area contributed by atoms with Crippen LogP contribution in [0, 0.1) is 0 Å². The number of carbonyl (C=O) groups is 2. The van der Waals surface area contributed by atoms with Crippen LogP contribution in [0.3, 0.4) is 0 Å². The average molecular weight is 424 g/mol. The van der Waals surface area contributed by atoms with E-state index in [-0.39, 0.29) is 17.9 Å². The number of amides is 2. The van der Waals surface area contributed by atoms with Crippen molar-refractivity contribution in [2.45, 2.75) is 32.2 Å². The molecule has 30 heavy (non-hydrogen) atoms. The van der Waals surface area contributed by atoms with E-state index < -0.39 is 0 Å². The number of furan rings is 1. The Labute approximate surface area is 180 Å². The van der Waals surface area contributed by atoms with Crippen LogP contribution in [0.4, 0.5) is 0 Å². The maximum Gasteiger partial charge on any atom is 0.273 e. The maximum atomic E-state index is 13.2. The molecule has 4 rings (SSSR count). The van der Waals surface area contributed by atoms with Crippen LogP contribution in [0.1, 0.15) is 47.0 Å². The highest BCUT2D eigenvalue weighted by Crippen LogP contribution is 2.26. The van der Waals surface area contributed by atoms with Crippen molar-refractivity contribution in [2.24, 2.45) is 0 Å². The van der Waals surface area contributed by atoms with Gasteiger partial charge >= 0.3 is 0 Å². The van der Waals surface area contributed by atoms with Gasteiger partial charge in [-0.15, -0.1) is 11.3 Å². The van der Waals surface area contributed by atoms with Gasteiger partial charge in [-0.05, 0) is 43.5 Å². The highest BCUT2D eigenvalue weighted by atomic mass is 32.1. The number of piperidine rings is 1. The normalized spacial score (nSPS) is 14.6. The second-order valence-corrected chi connectivity index (χ2v) is 8.26. The molecule has 6 nitrogen and oxygen atoms in total. The molecule has 0 spiro atoms. The minimum absolute atomic E-state index is 0.0428. The van der Waals surface area contributed by atoms with Crippen molar-refractivity contribution in [2.75, 3.05) is 19.6 Å². The Morgan fingerprint density at radius 2 is 1.93 bits per heavy atom. The SMILES string of the molecule is CCCN(C(=O)c1csc(-c2ccco2)n1)C1CCN(C(=O)c2ccccc2)CC1. The third-order valence-electron chi connectivity index (χ3n) is 5.39. The van der Waals surface area contributed by atoms with Gasteiger partial charge in [0.15, 0.2) is 10.8 Å². The van der Waals surface area contributed by atoms with Crippen molar-refractivity contribution < 1.29 is 14.0 Å². The molecule has 0 unspecified atom stereocenters. The Balaban J connectivity index is 1.42. The zero-order valence-corrected chi connectivity index (χ0v) is 17.8. The summed E-state index contributed by atoms with van der Waals surface area (Å²) in [7, 11) is 0. The van der Waals surface area contributed by atoms with Crippen LogP contribution in [-0.4, -0.2) is 52.3 Å².